The van der Waals surface area contributed by atoms with Crippen LogP contribution in [0.1, 0.15) is 28.5 Å². The molecule has 0 aliphatic carbocycles. The number of halogens is 2. The van der Waals surface area contributed by atoms with Crippen LogP contribution in [-0.2, 0) is 6.42 Å². The zero-order valence-corrected chi connectivity index (χ0v) is 17.6. The Hall–Kier alpha value is -2.22. The number of aliphatic hydroxyl groups excluding tert-OH is 1. The van der Waals surface area contributed by atoms with Crippen molar-refractivity contribution >= 4 is 34.2 Å². The summed E-state index contributed by atoms with van der Waals surface area (Å²) in [6.45, 7) is 0. The van der Waals surface area contributed by atoms with Crippen LogP contribution in [0.4, 0.5) is 0 Å². The van der Waals surface area contributed by atoms with Crippen molar-refractivity contribution in [2.24, 2.45) is 0 Å². The van der Waals surface area contributed by atoms with Gasteiger partial charge in [0.15, 0.2) is 5.76 Å². The van der Waals surface area contributed by atoms with Gasteiger partial charge in [0, 0.05) is 38.5 Å². The Morgan fingerprint density at radius 1 is 1.07 bits per heavy atom. The van der Waals surface area contributed by atoms with Crippen LogP contribution in [0.15, 0.2) is 77.6 Å². The van der Waals surface area contributed by atoms with Crippen molar-refractivity contribution in [3.05, 3.63) is 104 Å². The Balaban J connectivity index is 1.81. The third kappa shape index (κ3) is 4.11. The Morgan fingerprint density at radius 3 is 2.61 bits per heavy atom. The van der Waals surface area contributed by atoms with Crippen LogP contribution < -0.4 is 0 Å². The lowest BCUT2D eigenvalue weighted by Crippen LogP contribution is -2.05. The van der Waals surface area contributed by atoms with E-state index in [0.29, 0.717) is 34.0 Å². The maximum Gasteiger partial charge on any atom is 0.173 e. The minimum absolute atomic E-state index is 0.525. The largest absolute Gasteiger partial charge is 0.383 e. The van der Waals surface area contributed by atoms with Crippen molar-refractivity contribution in [2.75, 3.05) is 0 Å². The van der Waals surface area contributed by atoms with Gasteiger partial charge >= 0.3 is 0 Å². The first-order valence-electron chi connectivity index (χ1n) is 8.68. The van der Waals surface area contributed by atoms with E-state index in [9.17, 15) is 5.11 Å². The number of hydrogen-bond donors (Lipinski definition) is 1. The Bertz CT molecular complexity index is 1080. The molecule has 1 unspecified atom stereocenters. The van der Waals surface area contributed by atoms with Crippen molar-refractivity contribution < 1.29 is 9.63 Å². The fourth-order valence-corrected chi connectivity index (χ4v) is 3.75. The van der Waals surface area contributed by atoms with Gasteiger partial charge in [0.1, 0.15) is 6.10 Å². The quantitative estimate of drug-likeness (QED) is 0.357. The summed E-state index contributed by atoms with van der Waals surface area (Å²) >= 11 is 8.25. The van der Waals surface area contributed by atoms with Crippen LogP contribution >= 0.6 is 34.2 Å². The van der Waals surface area contributed by atoms with E-state index in [1.54, 1.807) is 18.5 Å². The van der Waals surface area contributed by atoms with Crippen LogP contribution in [0.25, 0.3) is 11.3 Å². The molecule has 2 aromatic carbocycles. The van der Waals surface area contributed by atoms with Crippen LogP contribution in [0.2, 0.25) is 5.02 Å². The predicted molar refractivity (Wildman–Crippen MR) is 117 cm³/mol. The first-order valence-corrected chi connectivity index (χ1v) is 10.1. The van der Waals surface area contributed by atoms with Gasteiger partial charge in [-0.25, -0.2) is 0 Å². The minimum Gasteiger partial charge on any atom is -0.383 e. The van der Waals surface area contributed by atoms with E-state index in [2.05, 4.69) is 32.7 Å². The normalized spacial score (nSPS) is 12.1. The molecule has 0 aliphatic heterocycles. The highest BCUT2D eigenvalue weighted by molar-refractivity contribution is 14.1. The number of pyridine rings is 1. The molecule has 2 heterocycles. The highest BCUT2D eigenvalue weighted by Gasteiger charge is 2.25. The second-order valence-corrected chi connectivity index (χ2v) is 8.06. The lowest BCUT2D eigenvalue weighted by atomic mass is 9.95. The average Bonchev–Trinajstić information content (AvgIpc) is 3.13. The molecule has 140 valence electrons. The van der Waals surface area contributed by atoms with Gasteiger partial charge in [-0.2, -0.15) is 0 Å². The number of rotatable bonds is 5. The maximum absolute atomic E-state index is 11.1. The summed E-state index contributed by atoms with van der Waals surface area (Å²) < 4.78 is 6.79. The van der Waals surface area contributed by atoms with Crippen LogP contribution in [0.3, 0.4) is 0 Å². The molecule has 0 spiro atoms. The van der Waals surface area contributed by atoms with E-state index in [0.717, 1.165) is 14.7 Å². The molecule has 0 fully saturated rings. The Morgan fingerprint density at radius 2 is 1.89 bits per heavy atom. The molecule has 6 heteroatoms. The first kappa shape index (κ1) is 19.1. The third-order valence-corrected chi connectivity index (χ3v) is 5.37. The van der Waals surface area contributed by atoms with Crippen molar-refractivity contribution in [1.82, 2.24) is 10.1 Å². The van der Waals surface area contributed by atoms with Gasteiger partial charge in [0.25, 0.3) is 0 Å². The van der Waals surface area contributed by atoms with E-state index >= 15 is 0 Å². The number of aliphatic hydroxyl groups is 1. The molecular formula is C22H16ClIN2O2. The van der Waals surface area contributed by atoms with Crippen molar-refractivity contribution in [3.63, 3.8) is 0 Å². The van der Waals surface area contributed by atoms with E-state index in [-0.39, 0.29) is 0 Å². The summed E-state index contributed by atoms with van der Waals surface area (Å²) in [4.78, 5) is 4.13. The van der Waals surface area contributed by atoms with Crippen molar-refractivity contribution in [3.8, 4) is 11.3 Å². The van der Waals surface area contributed by atoms with Crippen molar-refractivity contribution in [1.29, 1.82) is 0 Å². The van der Waals surface area contributed by atoms with E-state index < -0.39 is 6.10 Å². The molecule has 4 aromatic rings. The van der Waals surface area contributed by atoms with E-state index in [4.69, 9.17) is 16.1 Å². The van der Waals surface area contributed by atoms with Gasteiger partial charge in [0.2, 0.25) is 0 Å². The molecule has 4 rings (SSSR count). The van der Waals surface area contributed by atoms with Gasteiger partial charge in [-0.15, -0.1) is 0 Å². The molecule has 0 bridgehead atoms. The molecule has 0 amide bonds. The summed E-state index contributed by atoms with van der Waals surface area (Å²) in [6, 6.07) is 19.1. The summed E-state index contributed by atoms with van der Waals surface area (Å²) in [5.74, 6) is 0.568. The SMILES string of the molecule is OC(c1cccnc1)c1c(Cc2ccc(Cl)cc2)noc1-c1cccc(I)c1. The fourth-order valence-electron chi connectivity index (χ4n) is 3.08. The van der Waals surface area contributed by atoms with Gasteiger partial charge < -0.3 is 9.63 Å². The second-order valence-electron chi connectivity index (χ2n) is 6.37. The fraction of sp³-hybridized carbons (Fsp3) is 0.0909. The van der Waals surface area contributed by atoms with E-state index in [1.165, 1.54) is 0 Å². The maximum atomic E-state index is 11.1. The monoisotopic (exact) mass is 502 g/mol. The minimum atomic E-state index is -0.893. The lowest BCUT2D eigenvalue weighted by molar-refractivity contribution is 0.219. The molecular weight excluding hydrogens is 487 g/mol. The molecule has 0 saturated heterocycles. The molecule has 0 radical (unpaired) electrons. The van der Waals surface area contributed by atoms with Gasteiger partial charge in [-0.05, 0) is 58.5 Å². The van der Waals surface area contributed by atoms with Gasteiger partial charge in [0.05, 0.1) is 11.3 Å². The number of hydrogen-bond acceptors (Lipinski definition) is 4. The molecule has 0 saturated carbocycles. The van der Waals surface area contributed by atoms with E-state index in [1.807, 2.05) is 54.6 Å². The summed E-state index contributed by atoms with van der Waals surface area (Å²) in [5.41, 5.74) is 3.94. The summed E-state index contributed by atoms with van der Waals surface area (Å²) in [7, 11) is 0. The zero-order chi connectivity index (χ0) is 19.5. The highest BCUT2D eigenvalue weighted by Crippen LogP contribution is 2.36. The molecule has 0 aliphatic rings. The predicted octanol–water partition coefficient (Wildman–Crippen LogP) is 5.67. The van der Waals surface area contributed by atoms with Gasteiger partial charge in [-0.3, -0.25) is 4.98 Å². The second kappa shape index (κ2) is 8.43. The average molecular weight is 503 g/mol. The van der Waals surface area contributed by atoms with Crippen molar-refractivity contribution in [2.45, 2.75) is 12.5 Å². The molecule has 1 atom stereocenters. The van der Waals surface area contributed by atoms with Crippen LogP contribution in [-0.4, -0.2) is 15.2 Å². The summed E-state index contributed by atoms with van der Waals surface area (Å²) in [6.07, 6.45) is 2.97. The number of benzene rings is 2. The highest BCUT2D eigenvalue weighted by atomic mass is 127. The molecule has 4 nitrogen and oxygen atoms in total. The van der Waals surface area contributed by atoms with Gasteiger partial charge in [-0.1, -0.05) is 47.1 Å². The Kier molecular flexibility index (Phi) is 5.75. The molecule has 1 N–H and O–H groups in total. The van der Waals surface area contributed by atoms with Crippen LogP contribution in [0, 0.1) is 3.57 Å². The molecule has 28 heavy (non-hydrogen) atoms. The molecule has 2 aromatic heterocycles. The number of nitrogens with zero attached hydrogens (tertiary/aromatic N) is 2. The standard InChI is InChI=1S/C22H16ClIN2O2/c23-17-8-6-14(7-9-17)11-19-20(21(27)16-4-2-10-25-13-16)22(28-26-19)15-3-1-5-18(24)12-15/h1-10,12-13,21,27H,11H2. The Labute approximate surface area is 181 Å². The van der Waals surface area contributed by atoms with Crippen LogP contribution in [0.5, 0.6) is 0 Å². The zero-order valence-electron chi connectivity index (χ0n) is 14.7. The number of aromatic nitrogens is 2. The summed E-state index contributed by atoms with van der Waals surface area (Å²) in [5, 5.41) is 16.1. The first-order chi connectivity index (χ1) is 13.6. The lowest BCUT2D eigenvalue weighted by Gasteiger charge is -2.13. The third-order valence-electron chi connectivity index (χ3n) is 4.45. The smallest absolute Gasteiger partial charge is 0.173 e. The topological polar surface area (TPSA) is 59.2 Å².